The van der Waals surface area contributed by atoms with E-state index < -0.39 is 11.2 Å². The van der Waals surface area contributed by atoms with E-state index in [0.29, 0.717) is 0 Å². The van der Waals surface area contributed by atoms with Crippen molar-refractivity contribution < 1.29 is 4.55 Å². The van der Waals surface area contributed by atoms with Crippen molar-refractivity contribution in [3.05, 3.63) is 0 Å². The molecular formula is C5H12N6OS. The highest BCUT2D eigenvalue weighted by Gasteiger charge is 1.93. The molecule has 1 aromatic rings. The van der Waals surface area contributed by atoms with Crippen LogP contribution in [0.25, 0.3) is 0 Å². The van der Waals surface area contributed by atoms with Crippen LogP contribution in [0.3, 0.4) is 0 Å². The predicted octanol–water partition coefficient (Wildman–Crippen LogP) is -1.39. The Kier molecular flexibility index (Phi) is 4.85. The predicted molar refractivity (Wildman–Crippen MR) is 53.1 cm³/mol. The molecule has 0 aliphatic carbocycles. The first-order chi connectivity index (χ1) is 5.91. The number of nitrogens with two attached hydrogens (primary N) is 3. The highest BCUT2D eigenvalue weighted by atomic mass is 32.2. The van der Waals surface area contributed by atoms with E-state index in [1.165, 1.54) is 0 Å². The Hall–Kier alpha value is -1.28. The molecule has 0 saturated heterocycles. The fourth-order valence-electron chi connectivity index (χ4n) is 0.427. The van der Waals surface area contributed by atoms with E-state index in [9.17, 15) is 4.55 Å². The summed E-state index contributed by atoms with van der Waals surface area (Å²) in [6.07, 6.45) is 3.28. The van der Waals surface area contributed by atoms with Crippen molar-refractivity contribution in [3.8, 4) is 0 Å². The Morgan fingerprint density at radius 3 is 1.23 bits per heavy atom. The lowest BCUT2D eigenvalue weighted by Crippen LogP contribution is -2.05. The maximum Gasteiger partial charge on any atom is 0.226 e. The Bertz CT molecular complexity index is 214. The lowest BCUT2D eigenvalue weighted by molar-refractivity contribution is 0.606. The largest absolute Gasteiger partial charge is 0.617 e. The third-order valence-corrected chi connectivity index (χ3v) is 0.687. The highest BCUT2D eigenvalue weighted by Crippen LogP contribution is 1.97. The van der Waals surface area contributed by atoms with Crippen molar-refractivity contribution in [1.82, 2.24) is 15.0 Å². The molecule has 7 nitrogen and oxygen atoms in total. The lowest BCUT2D eigenvalue weighted by Gasteiger charge is -1.93. The molecule has 0 unspecified atom stereocenters. The molecule has 1 aromatic heterocycles. The van der Waals surface area contributed by atoms with E-state index in [0.717, 1.165) is 0 Å². The summed E-state index contributed by atoms with van der Waals surface area (Å²) in [4.78, 5) is 10.5. The van der Waals surface area contributed by atoms with Gasteiger partial charge in [0.25, 0.3) is 0 Å². The van der Waals surface area contributed by atoms with Crippen molar-refractivity contribution in [2.45, 2.75) is 0 Å². The summed E-state index contributed by atoms with van der Waals surface area (Å²) in [7, 11) is 0. The zero-order chi connectivity index (χ0) is 10.4. The van der Waals surface area contributed by atoms with Crippen LogP contribution < -0.4 is 17.2 Å². The summed E-state index contributed by atoms with van der Waals surface area (Å²) in [5.41, 5.74) is 15.4. The Morgan fingerprint density at radius 1 is 0.923 bits per heavy atom. The van der Waals surface area contributed by atoms with Gasteiger partial charge in [0.15, 0.2) is 0 Å². The summed E-state index contributed by atoms with van der Waals surface area (Å²) < 4.78 is 9.56. The molecule has 1 rings (SSSR count). The highest BCUT2D eigenvalue weighted by molar-refractivity contribution is 7.89. The minimum Gasteiger partial charge on any atom is -0.617 e. The van der Waals surface area contributed by atoms with E-state index in [-0.39, 0.29) is 17.8 Å². The van der Waals surface area contributed by atoms with Crippen LogP contribution in [0.2, 0.25) is 0 Å². The van der Waals surface area contributed by atoms with Crippen LogP contribution in [0.15, 0.2) is 0 Å². The number of aromatic nitrogens is 3. The van der Waals surface area contributed by atoms with Crippen LogP contribution in [0.4, 0.5) is 17.8 Å². The number of hydrogen-bond acceptors (Lipinski definition) is 7. The molecule has 0 fully saturated rings. The molecule has 0 atom stereocenters. The second kappa shape index (κ2) is 5.38. The van der Waals surface area contributed by atoms with Crippen LogP contribution in [-0.4, -0.2) is 32.0 Å². The minimum atomic E-state index is -0.611. The quantitative estimate of drug-likeness (QED) is 0.442. The summed E-state index contributed by atoms with van der Waals surface area (Å²) in [5, 5.41) is 0. The van der Waals surface area contributed by atoms with Crippen molar-refractivity contribution in [2.75, 3.05) is 29.7 Å². The van der Waals surface area contributed by atoms with Gasteiger partial charge in [-0.15, -0.1) is 0 Å². The second-order valence-electron chi connectivity index (χ2n) is 2.15. The van der Waals surface area contributed by atoms with E-state index >= 15 is 0 Å². The first-order valence-corrected chi connectivity index (χ1v) is 5.16. The average Bonchev–Trinajstić information content (AvgIpc) is 1.80. The lowest BCUT2D eigenvalue weighted by atomic mass is 10.9. The molecule has 0 bridgehead atoms. The molecule has 0 spiro atoms. The number of hydrogen-bond donors (Lipinski definition) is 3. The normalized spacial score (nSPS) is 9.23. The second-order valence-corrected chi connectivity index (χ2v) is 3.63. The topological polar surface area (TPSA) is 140 Å². The fourth-order valence-corrected chi connectivity index (χ4v) is 0.427. The standard InChI is InChI=1S/C3H6N6.C2H6OS/c4-1-7-2(5)9-3(6)8-1;1-4(2)3/h(H6,4,5,6,7,8,9);1-2H3. The zero-order valence-electron chi connectivity index (χ0n) is 7.39. The van der Waals surface area contributed by atoms with Gasteiger partial charge in [-0.2, -0.15) is 15.0 Å². The fraction of sp³-hybridized carbons (Fsp3) is 0.400. The van der Waals surface area contributed by atoms with Crippen molar-refractivity contribution in [2.24, 2.45) is 0 Å². The first-order valence-electron chi connectivity index (χ1n) is 3.19. The maximum atomic E-state index is 9.56. The molecular weight excluding hydrogens is 192 g/mol. The molecule has 8 heteroatoms. The average molecular weight is 204 g/mol. The van der Waals surface area contributed by atoms with Gasteiger partial charge in [0, 0.05) is 0 Å². The van der Waals surface area contributed by atoms with Crippen molar-refractivity contribution in [3.63, 3.8) is 0 Å². The van der Waals surface area contributed by atoms with Crippen molar-refractivity contribution in [1.29, 1.82) is 0 Å². The Labute approximate surface area is 78.9 Å². The minimum absolute atomic E-state index is 0.0417. The monoisotopic (exact) mass is 204 g/mol. The van der Waals surface area contributed by atoms with Gasteiger partial charge < -0.3 is 21.8 Å². The number of anilines is 3. The first kappa shape index (κ1) is 11.7. The van der Waals surface area contributed by atoms with Crippen LogP contribution in [-0.2, 0) is 11.2 Å². The van der Waals surface area contributed by atoms with Gasteiger partial charge in [0.05, 0.1) is 12.5 Å². The van der Waals surface area contributed by atoms with Crippen molar-refractivity contribution >= 4 is 29.0 Å². The van der Waals surface area contributed by atoms with E-state index in [2.05, 4.69) is 15.0 Å². The summed E-state index contributed by atoms with van der Waals surface area (Å²) in [5.74, 6) is 0.125. The molecule has 0 aliphatic rings. The number of nitrogen functional groups attached to an aromatic ring is 3. The summed E-state index contributed by atoms with van der Waals surface area (Å²) >= 11 is -0.611. The maximum absolute atomic E-state index is 9.56. The van der Waals surface area contributed by atoms with Gasteiger partial charge in [-0.1, -0.05) is 11.2 Å². The van der Waals surface area contributed by atoms with Crippen LogP contribution >= 0.6 is 0 Å². The number of nitrogens with zero attached hydrogens (tertiary/aromatic N) is 3. The summed E-state index contributed by atoms with van der Waals surface area (Å²) in [6.45, 7) is 0. The van der Waals surface area contributed by atoms with Crippen LogP contribution in [0, 0.1) is 0 Å². The summed E-state index contributed by atoms with van der Waals surface area (Å²) in [6, 6.07) is 0. The molecule has 0 amide bonds. The molecule has 0 aliphatic heterocycles. The van der Waals surface area contributed by atoms with Crippen LogP contribution in [0.1, 0.15) is 0 Å². The Morgan fingerprint density at radius 2 is 1.08 bits per heavy atom. The molecule has 74 valence electrons. The van der Waals surface area contributed by atoms with E-state index in [1.807, 2.05) is 0 Å². The third kappa shape index (κ3) is 7.09. The van der Waals surface area contributed by atoms with E-state index in [1.54, 1.807) is 12.5 Å². The van der Waals surface area contributed by atoms with Gasteiger partial charge in [0.2, 0.25) is 17.8 Å². The molecule has 0 aromatic carbocycles. The van der Waals surface area contributed by atoms with Gasteiger partial charge in [-0.05, 0) is 0 Å². The molecule has 6 N–H and O–H groups in total. The van der Waals surface area contributed by atoms with Crippen LogP contribution in [0.5, 0.6) is 0 Å². The molecule has 0 saturated carbocycles. The zero-order valence-corrected chi connectivity index (χ0v) is 8.21. The van der Waals surface area contributed by atoms with Gasteiger partial charge in [0.1, 0.15) is 0 Å². The van der Waals surface area contributed by atoms with Gasteiger partial charge >= 0.3 is 0 Å². The molecule has 1 heterocycles. The number of rotatable bonds is 0. The SMILES string of the molecule is C[S+](C)[O-].Nc1nc(N)nc(N)n1. The Balaban J connectivity index is 0.000000310. The van der Waals surface area contributed by atoms with E-state index in [4.69, 9.17) is 17.2 Å². The molecule has 13 heavy (non-hydrogen) atoms. The van der Waals surface area contributed by atoms with Gasteiger partial charge in [-0.25, -0.2) is 0 Å². The third-order valence-electron chi connectivity index (χ3n) is 0.687. The van der Waals surface area contributed by atoms with Gasteiger partial charge in [-0.3, -0.25) is 0 Å². The smallest absolute Gasteiger partial charge is 0.226 e. The molecule has 0 radical (unpaired) electrons.